The number of aromatic nitrogens is 1. The Morgan fingerprint density at radius 1 is 1.14 bits per heavy atom. The Labute approximate surface area is 124 Å². The number of aliphatic hydroxyl groups is 1. The maximum absolute atomic E-state index is 12.1. The van der Waals surface area contributed by atoms with Gasteiger partial charge in [0.05, 0.1) is 0 Å². The van der Waals surface area contributed by atoms with Gasteiger partial charge in [-0.1, -0.05) is 44.2 Å². The van der Waals surface area contributed by atoms with E-state index in [1.165, 1.54) is 0 Å². The number of benzene rings is 1. The largest absolute Gasteiger partial charge is 0.383 e. The summed E-state index contributed by atoms with van der Waals surface area (Å²) in [5.41, 5.74) is 1.65. The molecule has 4 nitrogen and oxygen atoms in total. The van der Waals surface area contributed by atoms with E-state index < -0.39 is 11.5 Å². The van der Waals surface area contributed by atoms with Crippen LogP contribution >= 0.6 is 0 Å². The Kier molecular flexibility index (Phi) is 3.26. The quantitative estimate of drug-likeness (QED) is 0.920. The summed E-state index contributed by atoms with van der Waals surface area (Å²) in [5, 5.41) is 9.97. The number of rotatable bonds is 2. The highest BCUT2D eigenvalue weighted by atomic mass is 16.3. The van der Waals surface area contributed by atoms with E-state index in [1.807, 2.05) is 56.3 Å². The molecule has 1 saturated heterocycles. The van der Waals surface area contributed by atoms with Crippen LogP contribution in [0.1, 0.15) is 13.8 Å². The second-order valence-corrected chi connectivity index (χ2v) is 6.09. The van der Waals surface area contributed by atoms with Crippen LogP contribution in [0.5, 0.6) is 0 Å². The van der Waals surface area contributed by atoms with Gasteiger partial charge in [-0.2, -0.15) is 0 Å². The minimum Gasteiger partial charge on any atom is -0.383 e. The molecule has 4 heteroatoms. The van der Waals surface area contributed by atoms with E-state index in [0.29, 0.717) is 12.4 Å². The predicted molar refractivity (Wildman–Crippen MR) is 81.8 cm³/mol. The Morgan fingerprint density at radius 3 is 2.38 bits per heavy atom. The van der Waals surface area contributed by atoms with Crippen LogP contribution in [0, 0.1) is 5.41 Å². The molecule has 0 saturated carbocycles. The molecule has 0 aliphatic carbocycles. The number of hydrogen-bond acceptors (Lipinski definition) is 3. The molecule has 3 rings (SSSR count). The molecule has 1 atom stereocenters. The van der Waals surface area contributed by atoms with Crippen LogP contribution in [0.25, 0.3) is 11.1 Å². The first-order chi connectivity index (χ1) is 9.99. The smallest absolute Gasteiger partial charge is 0.257 e. The Bertz CT molecular complexity index is 650. The predicted octanol–water partition coefficient (Wildman–Crippen LogP) is 2.48. The summed E-state index contributed by atoms with van der Waals surface area (Å²) in [6, 6.07) is 13.7. The highest BCUT2D eigenvalue weighted by Crippen LogP contribution is 2.33. The fraction of sp³-hybridized carbons (Fsp3) is 0.294. The molecule has 0 bridgehead atoms. The third-order valence-electron chi connectivity index (χ3n) is 3.94. The first-order valence-electron chi connectivity index (χ1n) is 7.00. The number of carbonyl (C=O) groups excluding carboxylic acids is 1. The molecule has 0 spiro atoms. The summed E-state index contributed by atoms with van der Waals surface area (Å²) in [5.74, 6) is 0.310. The molecule has 1 aromatic carbocycles. The second kappa shape index (κ2) is 4.97. The number of nitrogens with zero attached hydrogens (tertiary/aromatic N) is 2. The first kappa shape index (κ1) is 13.8. The zero-order valence-electron chi connectivity index (χ0n) is 12.2. The van der Waals surface area contributed by atoms with Gasteiger partial charge in [0.1, 0.15) is 11.9 Å². The maximum atomic E-state index is 12.1. The fourth-order valence-corrected chi connectivity index (χ4v) is 2.59. The number of anilines is 1. The Balaban J connectivity index is 1.87. The van der Waals surface area contributed by atoms with Gasteiger partial charge in [0, 0.05) is 23.7 Å². The number of carbonyl (C=O) groups is 1. The zero-order valence-corrected chi connectivity index (χ0v) is 12.2. The minimum atomic E-state index is -0.965. The number of pyridine rings is 1. The van der Waals surface area contributed by atoms with Crippen LogP contribution in [0.15, 0.2) is 48.7 Å². The van der Waals surface area contributed by atoms with Crippen molar-refractivity contribution in [1.82, 2.24) is 4.98 Å². The van der Waals surface area contributed by atoms with Gasteiger partial charge in [0.25, 0.3) is 5.91 Å². The lowest BCUT2D eigenvalue weighted by Crippen LogP contribution is -2.31. The molecule has 108 valence electrons. The molecule has 1 aliphatic rings. The lowest BCUT2D eigenvalue weighted by Gasteiger charge is -2.19. The van der Waals surface area contributed by atoms with E-state index in [1.54, 1.807) is 11.1 Å². The van der Waals surface area contributed by atoms with Gasteiger partial charge in [-0.05, 0) is 17.7 Å². The molecule has 1 aliphatic heterocycles. The van der Waals surface area contributed by atoms with Crippen LogP contribution in [0.4, 0.5) is 5.82 Å². The molecular weight excluding hydrogens is 264 g/mol. The number of hydrogen-bond donors (Lipinski definition) is 1. The molecule has 1 N–H and O–H groups in total. The van der Waals surface area contributed by atoms with E-state index in [0.717, 1.165) is 11.1 Å². The van der Waals surface area contributed by atoms with E-state index in [-0.39, 0.29) is 5.91 Å². The van der Waals surface area contributed by atoms with Crippen molar-refractivity contribution in [3.63, 3.8) is 0 Å². The van der Waals surface area contributed by atoms with Gasteiger partial charge in [-0.15, -0.1) is 0 Å². The van der Waals surface area contributed by atoms with Crippen LogP contribution in [0.3, 0.4) is 0 Å². The summed E-state index contributed by atoms with van der Waals surface area (Å²) >= 11 is 0. The van der Waals surface area contributed by atoms with Crippen LogP contribution in [0.2, 0.25) is 0 Å². The summed E-state index contributed by atoms with van der Waals surface area (Å²) in [6.07, 6.45) is 0.795. The van der Waals surface area contributed by atoms with E-state index >= 15 is 0 Å². The summed E-state index contributed by atoms with van der Waals surface area (Å²) in [7, 11) is 0. The van der Waals surface area contributed by atoms with Crippen LogP contribution in [-0.2, 0) is 4.79 Å². The Morgan fingerprint density at radius 2 is 1.86 bits per heavy atom. The fourth-order valence-electron chi connectivity index (χ4n) is 2.59. The Hall–Kier alpha value is -2.20. The maximum Gasteiger partial charge on any atom is 0.257 e. The average molecular weight is 282 g/mol. The van der Waals surface area contributed by atoms with Crippen molar-refractivity contribution in [1.29, 1.82) is 0 Å². The van der Waals surface area contributed by atoms with Crippen molar-refractivity contribution in [3.05, 3.63) is 48.7 Å². The molecule has 21 heavy (non-hydrogen) atoms. The number of amides is 1. The monoisotopic (exact) mass is 282 g/mol. The van der Waals surface area contributed by atoms with Gasteiger partial charge < -0.3 is 5.11 Å². The van der Waals surface area contributed by atoms with E-state index in [9.17, 15) is 9.90 Å². The first-order valence-corrected chi connectivity index (χ1v) is 7.00. The average Bonchev–Trinajstić information content (AvgIpc) is 2.72. The highest BCUT2D eigenvalue weighted by Gasteiger charge is 2.46. The van der Waals surface area contributed by atoms with E-state index in [2.05, 4.69) is 4.98 Å². The van der Waals surface area contributed by atoms with Crippen molar-refractivity contribution >= 4 is 11.7 Å². The van der Waals surface area contributed by atoms with Crippen molar-refractivity contribution in [2.45, 2.75) is 20.0 Å². The lowest BCUT2D eigenvalue weighted by atomic mass is 9.90. The topological polar surface area (TPSA) is 53.4 Å². The SMILES string of the molecule is CC1(C)CN(c2ccc(-c3ccccc3)cn2)C(=O)C1O. The molecule has 1 unspecified atom stereocenters. The molecule has 0 radical (unpaired) electrons. The second-order valence-electron chi connectivity index (χ2n) is 6.09. The molecule has 1 fully saturated rings. The van der Waals surface area contributed by atoms with Gasteiger partial charge in [0.2, 0.25) is 0 Å². The third kappa shape index (κ3) is 2.43. The van der Waals surface area contributed by atoms with Crippen molar-refractivity contribution in [3.8, 4) is 11.1 Å². The lowest BCUT2D eigenvalue weighted by molar-refractivity contribution is -0.126. The van der Waals surface area contributed by atoms with Crippen molar-refractivity contribution in [2.75, 3.05) is 11.4 Å². The van der Waals surface area contributed by atoms with Gasteiger partial charge >= 0.3 is 0 Å². The molecule has 1 aromatic heterocycles. The molecule has 2 aromatic rings. The van der Waals surface area contributed by atoms with E-state index in [4.69, 9.17) is 0 Å². The molecular formula is C17H18N2O2. The minimum absolute atomic E-state index is 0.278. The normalized spacial score (nSPS) is 20.8. The molecule has 1 amide bonds. The van der Waals surface area contributed by atoms with Crippen molar-refractivity contribution in [2.24, 2.45) is 5.41 Å². The van der Waals surface area contributed by atoms with Gasteiger partial charge in [0.15, 0.2) is 0 Å². The third-order valence-corrected chi connectivity index (χ3v) is 3.94. The van der Waals surface area contributed by atoms with Gasteiger partial charge in [-0.25, -0.2) is 4.98 Å². The van der Waals surface area contributed by atoms with Crippen LogP contribution in [-0.4, -0.2) is 28.6 Å². The van der Waals surface area contributed by atoms with Crippen molar-refractivity contribution < 1.29 is 9.90 Å². The standard InChI is InChI=1S/C17H18N2O2/c1-17(2)11-19(16(21)15(17)20)14-9-8-13(10-18-14)12-6-4-3-5-7-12/h3-10,15,20H,11H2,1-2H3. The summed E-state index contributed by atoms with van der Waals surface area (Å²) < 4.78 is 0. The van der Waals surface area contributed by atoms with Crippen LogP contribution < -0.4 is 4.90 Å². The molecule has 2 heterocycles. The number of aliphatic hydroxyl groups excluding tert-OH is 1. The summed E-state index contributed by atoms with van der Waals surface area (Å²) in [4.78, 5) is 18.0. The highest BCUT2D eigenvalue weighted by molar-refractivity contribution is 5.98. The summed E-state index contributed by atoms with van der Waals surface area (Å²) in [6.45, 7) is 4.24. The zero-order chi connectivity index (χ0) is 15.0. The van der Waals surface area contributed by atoms with Gasteiger partial charge in [-0.3, -0.25) is 9.69 Å².